The Morgan fingerprint density at radius 1 is 0.577 bits per heavy atom. The minimum absolute atomic E-state index is 0.223. The third kappa shape index (κ3) is 4.26. The number of carbonyl (C=O) groups excluding carboxylic acids is 1. The summed E-state index contributed by atoms with van der Waals surface area (Å²) >= 11 is 0. The first-order chi connectivity index (χ1) is 12.7. The van der Waals surface area contributed by atoms with Crippen LogP contribution in [0.4, 0.5) is 0 Å². The predicted molar refractivity (Wildman–Crippen MR) is 111 cm³/mol. The SMILES string of the molecule is CCCCCCc1ccc2c(c1)C(=O)c1cc(CCCCCC)ccc1-2. The normalized spacial score (nSPS) is 12.3. The highest BCUT2D eigenvalue weighted by atomic mass is 16.1. The molecule has 3 rings (SSSR count). The molecule has 0 bridgehead atoms. The van der Waals surface area contributed by atoms with Crippen LogP contribution in [0.3, 0.4) is 0 Å². The molecular formula is C25H32O. The van der Waals surface area contributed by atoms with Gasteiger partial charge in [-0.3, -0.25) is 4.79 Å². The molecule has 0 radical (unpaired) electrons. The largest absolute Gasteiger partial charge is 0.289 e. The Hall–Kier alpha value is -1.89. The first-order valence-electron chi connectivity index (χ1n) is 10.6. The fraction of sp³-hybridized carbons (Fsp3) is 0.480. The number of carbonyl (C=O) groups is 1. The quantitative estimate of drug-likeness (QED) is 0.356. The van der Waals surface area contributed by atoms with Crippen LogP contribution in [0.5, 0.6) is 0 Å². The molecule has 1 nitrogen and oxygen atoms in total. The molecule has 0 unspecified atom stereocenters. The van der Waals surface area contributed by atoms with E-state index >= 15 is 0 Å². The van der Waals surface area contributed by atoms with Crippen LogP contribution < -0.4 is 0 Å². The fourth-order valence-corrected chi connectivity index (χ4v) is 4.00. The standard InChI is InChI=1S/C25H32O/c1-3-5-7-9-11-19-13-15-21-22-16-14-20(12-10-8-6-4-2)18-24(22)25(26)23(21)17-19/h13-18H,3-12H2,1-2H3. The number of rotatable bonds is 10. The number of unbranched alkanes of at least 4 members (excludes halogenated alkanes) is 6. The molecule has 0 fully saturated rings. The van der Waals surface area contributed by atoms with Crippen LogP contribution in [0.15, 0.2) is 36.4 Å². The summed E-state index contributed by atoms with van der Waals surface area (Å²) in [4.78, 5) is 12.9. The topological polar surface area (TPSA) is 17.1 Å². The van der Waals surface area contributed by atoms with Gasteiger partial charge in [0.15, 0.2) is 5.78 Å². The molecule has 0 atom stereocenters. The zero-order valence-corrected chi connectivity index (χ0v) is 16.4. The maximum atomic E-state index is 12.9. The molecule has 0 aliphatic heterocycles. The number of aryl methyl sites for hydroxylation is 2. The second-order valence-electron chi connectivity index (χ2n) is 7.71. The summed E-state index contributed by atoms with van der Waals surface area (Å²) in [6.45, 7) is 4.48. The average molecular weight is 349 g/mol. The van der Waals surface area contributed by atoms with E-state index in [1.807, 2.05) is 0 Å². The molecule has 0 aromatic heterocycles. The first kappa shape index (κ1) is 18.9. The van der Waals surface area contributed by atoms with Crippen LogP contribution in [0.2, 0.25) is 0 Å². The predicted octanol–water partition coefficient (Wildman–Crippen LogP) is 7.14. The lowest BCUT2D eigenvalue weighted by atomic mass is 9.99. The fourth-order valence-electron chi connectivity index (χ4n) is 4.00. The molecule has 1 heteroatoms. The van der Waals surface area contributed by atoms with Crippen LogP contribution in [0.25, 0.3) is 11.1 Å². The summed E-state index contributed by atoms with van der Waals surface area (Å²) in [7, 11) is 0. The van der Waals surface area contributed by atoms with Crippen LogP contribution in [0, 0.1) is 0 Å². The Morgan fingerprint density at radius 3 is 1.46 bits per heavy atom. The van der Waals surface area contributed by atoms with Crippen molar-refractivity contribution in [2.75, 3.05) is 0 Å². The van der Waals surface area contributed by atoms with Gasteiger partial charge in [-0.2, -0.15) is 0 Å². The number of hydrogen-bond donors (Lipinski definition) is 0. The van der Waals surface area contributed by atoms with E-state index in [0.29, 0.717) is 0 Å². The Kier molecular flexibility index (Phi) is 6.66. The second-order valence-corrected chi connectivity index (χ2v) is 7.71. The Labute approximate surface area is 158 Å². The molecule has 0 N–H and O–H groups in total. The highest BCUT2D eigenvalue weighted by Crippen LogP contribution is 2.37. The monoisotopic (exact) mass is 348 g/mol. The van der Waals surface area contributed by atoms with Gasteiger partial charge in [-0.15, -0.1) is 0 Å². The van der Waals surface area contributed by atoms with Gasteiger partial charge >= 0.3 is 0 Å². The highest BCUT2D eigenvalue weighted by molar-refractivity contribution is 6.21. The Bertz CT molecular complexity index is 693. The maximum absolute atomic E-state index is 12.9. The zero-order chi connectivity index (χ0) is 18.4. The molecule has 138 valence electrons. The van der Waals surface area contributed by atoms with Crippen molar-refractivity contribution in [3.8, 4) is 11.1 Å². The van der Waals surface area contributed by atoms with Crippen LogP contribution >= 0.6 is 0 Å². The maximum Gasteiger partial charge on any atom is 0.194 e. The Morgan fingerprint density at radius 2 is 1.04 bits per heavy atom. The molecule has 2 aromatic carbocycles. The van der Waals surface area contributed by atoms with E-state index < -0.39 is 0 Å². The van der Waals surface area contributed by atoms with Crippen molar-refractivity contribution >= 4 is 5.78 Å². The van der Waals surface area contributed by atoms with Crippen molar-refractivity contribution < 1.29 is 4.79 Å². The van der Waals surface area contributed by atoms with Crippen LogP contribution in [-0.4, -0.2) is 5.78 Å². The third-order valence-corrected chi connectivity index (χ3v) is 5.59. The summed E-state index contributed by atoms with van der Waals surface area (Å²) in [5.41, 5.74) is 6.69. The van der Waals surface area contributed by atoms with Gasteiger partial charge in [0.25, 0.3) is 0 Å². The summed E-state index contributed by atoms with van der Waals surface area (Å²) in [6, 6.07) is 13.0. The van der Waals surface area contributed by atoms with Crippen molar-refractivity contribution in [3.05, 3.63) is 58.7 Å². The summed E-state index contributed by atoms with van der Waals surface area (Å²) < 4.78 is 0. The highest BCUT2D eigenvalue weighted by Gasteiger charge is 2.26. The van der Waals surface area contributed by atoms with Crippen LogP contribution in [-0.2, 0) is 12.8 Å². The molecule has 0 spiro atoms. The lowest BCUT2D eigenvalue weighted by molar-refractivity contribution is 0.104. The van der Waals surface area contributed by atoms with Crippen molar-refractivity contribution in [1.29, 1.82) is 0 Å². The van der Waals surface area contributed by atoms with Gasteiger partial charge in [0, 0.05) is 11.1 Å². The molecule has 0 saturated carbocycles. The Balaban J connectivity index is 1.71. The molecular weight excluding hydrogens is 316 g/mol. The van der Waals surface area contributed by atoms with Gasteiger partial charge in [-0.25, -0.2) is 0 Å². The summed E-state index contributed by atoms with van der Waals surface area (Å²) in [5.74, 6) is 0.223. The smallest absolute Gasteiger partial charge is 0.194 e. The molecule has 1 aliphatic rings. The van der Waals surface area contributed by atoms with Crippen molar-refractivity contribution in [1.82, 2.24) is 0 Å². The summed E-state index contributed by atoms with van der Waals surface area (Å²) in [5, 5.41) is 0. The number of ketones is 1. The summed E-state index contributed by atoms with van der Waals surface area (Å²) in [6.07, 6.45) is 12.3. The van der Waals surface area contributed by atoms with Gasteiger partial charge < -0.3 is 0 Å². The number of benzene rings is 2. The van der Waals surface area contributed by atoms with E-state index in [-0.39, 0.29) is 5.78 Å². The average Bonchev–Trinajstić information content (AvgIpc) is 2.94. The molecule has 1 aliphatic carbocycles. The van der Waals surface area contributed by atoms with Gasteiger partial charge in [-0.1, -0.05) is 76.6 Å². The van der Waals surface area contributed by atoms with Gasteiger partial charge in [-0.05, 0) is 60.1 Å². The molecule has 26 heavy (non-hydrogen) atoms. The van der Waals surface area contributed by atoms with Gasteiger partial charge in [0.05, 0.1) is 0 Å². The van der Waals surface area contributed by atoms with Crippen LogP contribution in [0.1, 0.15) is 92.3 Å². The van der Waals surface area contributed by atoms with Crippen molar-refractivity contribution in [2.45, 2.75) is 78.1 Å². The molecule has 0 saturated heterocycles. The number of hydrogen-bond acceptors (Lipinski definition) is 1. The second kappa shape index (κ2) is 9.16. The minimum atomic E-state index is 0.223. The van der Waals surface area contributed by atoms with Crippen molar-refractivity contribution in [2.24, 2.45) is 0 Å². The first-order valence-corrected chi connectivity index (χ1v) is 10.6. The lowest BCUT2D eigenvalue weighted by Crippen LogP contribution is -1.98. The van der Waals surface area contributed by atoms with E-state index in [2.05, 4.69) is 50.2 Å². The van der Waals surface area contributed by atoms with E-state index in [9.17, 15) is 4.79 Å². The van der Waals surface area contributed by atoms with E-state index in [1.165, 1.54) is 62.5 Å². The number of fused-ring (bicyclic) bond motifs is 3. The lowest BCUT2D eigenvalue weighted by Gasteiger charge is -2.05. The molecule has 0 amide bonds. The van der Waals surface area contributed by atoms with E-state index in [0.717, 1.165) is 35.1 Å². The minimum Gasteiger partial charge on any atom is -0.289 e. The zero-order valence-electron chi connectivity index (χ0n) is 16.4. The van der Waals surface area contributed by atoms with E-state index in [4.69, 9.17) is 0 Å². The van der Waals surface area contributed by atoms with Crippen molar-refractivity contribution in [3.63, 3.8) is 0 Å². The molecule has 0 heterocycles. The molecule has 2 aromatic rings. The van der Waals surface area contributed by atoms with Gasteiger partial charge in [0.2, 0.25) is 0 Å². The van der Waals surface area contributed by atoms with Gasteiger partial charge in [0.1, 0.15) is 0 Å². The van der Waals surface area contributed by atoms with E-state index in [1.54, 1.807) is 0 Å². The third-order valence-electron chi connectivity index (χ3n) is 5.59.